The molecule has 0 spiro atoms. The highest BCUT2D eigenvalue weighted by atomic mass is 32.1. The molecule has 1 saturated heterocycles. The van der Waals surface area contributed by atoms with E-state index in [-0.39, 0.29) is 6.04 Å². The van der Waals surface area contributed by atoms with Crippen LogP contribution in [-0.4, -0.2) is 41.8 Å². The van der Waals surface area contributed by atoms with Gasteiger partial charge in [-0.3, -0.25) is 9.69 Å². The number of hydrogen-bond acceptors (Lipinski definition) is 5. The molecular weight excluding hydrogens is 410 g/mol. The molecule has 2 unspecified atom stereocenters. The molecule has 1 N–H and O–H groups in total. The number of carbonyl (C=O) groups is 1. The second-order valence-electron chi connectivity index (χ2n) is 7.75. The molecule has 1 fully saturated rings. The maximum atomic E-state index is 12.1. The molecule has 1 aliphatic rings. The Morgan fingerprint density at radius 1 is 1.10 bits per heavy atom. The highest BCUT2D eigenvalue weighted by Crippen LogP contribution is 2.42. The number of likely N-dealkylation sites (tertiary alicyclic amines) is 1. The minimum absolute atomic E-state index is 0.145. The van der Waals surface area contributed by atoms with Crippen molar-refractivity contribution >= 4 is 27.4 Å². The quantitative estimate of drug-likeness (QED) is 0.486. The molecule has 31 heavy (non-hydrogen) atoms. The minimum atomic E-state index is -0.748. The molecule has 3 aromatic rings. The summed E-state index contributed by atoms with van der Waals surface area (Å²) in [6, 6.07) is 15.9. The fourth-order valence-electron chi connectivity index (χ4n) is 4.42. The third-order valence-electron chi connectivity index (χ3n) is 5.76. The molecule has 0 aliphatic carbocycles. The summed E-state index contributed by atoms with van der Waals surface area (Å²) in [7, 11) is 0. The summed E-state index contributed by atoms with van der Waals surface area (Å²) in [5.74, 6) is 0.676. The van der Waals surface area contributed by atoms with Crippen LogP contribution in [0.3, 0.4) is 0 Å². The van der Waals surface area contributed by atoms with Gasteiger partial charge in [-0.2, -0.15) is 0 Å². The first kappa shape index (κ1) is 21.7. The van der Waals surface area contributed by atoms with Crippen LogP contribution in [-0.2, 0) is 4.79 Å². The third kappa shape index (κ3) is 4.55. The molecule has 2 atom stereocenters. The summed E-state index contributed by atoms with van der Waals surface area (Å²) in [5, 5.41) is 11.1. The van der Waals surface area contributed by atoms with Gasteiger partial charge in [-0.05, 0) is 68.4 Å². The van der Waals surface area contributed by atoms with Gasteiger partial charge in [0.2, 0.25) is 0 Å². The summed E-state index contributed by atoms with van der Waals surface area (Å²) in [6.45, 7) is 5.77. The fourth-order valence-corrected chi connectivity index (χ4v) is 5.64. The topological polar surface area (TPSA) is 59.0 Å². The van der Waals surface area contributed by atoms with Crippen molar-refractivity contribution in [1.29, 1.82) is 0 Å². The molecule has 5 nitrogen and oxygen atoms in total. The van der Waals surface area contributed by atoms with E-state index in [0.717, 1.165) is 35.6 Å². The van der Waals surface area contributed by atoms with Crippen LogP contribution in [0.15, 0.2) is 48.5 Å². The first-order chi connectivity index (χ1) is 15.1. The molecule has 1 aromatic heterocycles. The second-order valence-corrected chi connectivity index (χ2v) is 8.86. The molecule has 6 heteroatoms. The lowest BCUT2D eigenvalue weighted by Crippen LogP contribution is -2.46. The van der Waals surface area contributed by atoms with Crippen molar-refractivity contribution in [2.24, 2.45) is 0 Å². The van der Waals surface area contributed by atoms with Gasteiger partial charge in [0, 0.05) is 9.58 Å². The van der Waals surface area contributed by atoms with Gasteiger partial charge in [0.15, 0.2) is 11.5 Å². The minimum Gasteiger partial charge on any atom is -0.490 e. The zero-order valence-electron chi connectivity index (χ0n) is 18.0. The summed E-state index contributed by atoms with van der Waals surface area (Å²) < 4.78 is 12.8. The van der Waals surface area contributed by atoms with Gasteiger partial charge in [-0.25, -0.2) is 0 Å². The van der Waals surface area contributed by atoms with Crippen molar-refractivity contribution in [1.82, 2.24) is 4.90 Å². The number of benzene rings is 2. The number of nitrogens with zero attached hydrogens (tertiary/aromatic N) is 1. The van der Waals surface area contributed by atoms with Crippen LogP contribution in [0.1, 0.15) is 49.6 Å². The van der Waals surface area contributed by atoms with E-state index in [1.54, 1.807) is 11.3 Å². The Kier molecular flexibility index (Phi) is 6.78. The lowest BCUT2D eigenvalue weighted by Gasteiger charge is -2.39. The summed E-state index contributed by atoms with van der Waals surface area (Å²) in [6.07, 6.45) is 2.62. The van der Waals surface area contributed by atoms with E-state index in [2.05, 4.69) is 29.2 Å². The Morgan fingerprint density at radius 3 is 2.61 bits per heavy atom. The standard InChI is InChI=1S/C25H29NO4S/c1-3-29-20-13-12-18(15-21(20)30-4-2)24(26-14-8-7-10-19(26)25(27)28)23-16-17-9-5-6-11-22(17)31-23/h5-6,9,11-13,15-16,19,24H,3-4,7-8,10,14H2,1-2H3,(H,27,28). The van der Waals surface area contributed by atoms with Gasteiger partial charge in [0.05, 0.1) is 19.3 Å². The van der Waals surface area contributed by atoms with Crippen molar-refractivity contribution in [2.75, 3.05) is 19.8 Å². The van der Waals surface area contributed by atoms with E-state index in [4.69, 9.17) is 9.47 Å². The normalized spacial score (nSPS) is 18.1. The van der Waals surface area contributed by atoms with Crippen molar-refractivity contribution in [3.63, 3.8) is 0 Å². The van der Waals surface area contributed by atoms with Gasteiger partial charge in [-0.15, -0.1) is 11.3 Å². The Bertz CT molecular complexity index is 1010. The largest absolute Gasteiger partial charge is 0.490 e. The maximum Gasteiger partial charge on any atom is 0.320 e. The SMILES string of the molecule is CCOc1ccc(C(c2cc3ccccc3s2)N2CCCCC2C(=O)O)cc1OCC. The van der Waals surface area contributed by atoms with Crippen LogP contribution in [0.4, 0.5) is 0 Å². The summed E-state index contributed by atoms with van der Waals surface area (Å²) in [4.78, 5) is 15.4. The smallest absolute Gasteiger partial charge is 0.320 e. The number of hydrogen-bond donors (Lipinski definition) is 1. The van der Waals surface area contributed by atoms with Crippen molar-refractivity contribution in [3.05, 3.63) is 59.0 Å². The zero-order chi connectivity index (χ0) is 21.8. The van der Waals surface area contributed by atoms with E-state index >= 15 is 0 Å². The Balaban J connectivity index is 1.83. The number of rotatable bonds is 8. The van der Waals surface area contributed by atoms with Gasteiger partial charge in [0.1, 0.15) is 6.04 Å². The zero-order valence-corrected chi connectivity index (χ0v) is 18.9. The Labute approximate surface area is 187 Å². The van der Waals surface area contributed by atoms with Crippen LogP contribution in [0.5, 0.6) is 11.5 Å². The monoisotopic (exact) mass is 439 g/mol. The van der Waals surface area contributed by atoms with Crippen LogP contribution in [0.2, 0.25) is 0 Å². The maximum absolute atomic E-state index is 12.1. The van der Waals surface area contributed by atoms with Crippen LogP contribution in [0.25, 0.3) is 10.1 Å². The van der Waals surface area contributed by atoms with Gasteiger partial charge >= 0.3 is 5.97 Å². The van der Waals surface area contributed by atoms with E-state index < -0.39 is 12.0 Å². The number of ether oxygens (including phenoxy) is 2. The average Bonchev–Trinajstić information content (AvgIpc) is 3.20. The molecule has 4 rings (SSSR count). The van der Waals surface area contributed by atoms with Crippen LogP contribution in [0, 0.1) is 0 Å². The van der Waals surface area contributed by atoms with E-state index in [1.807, 2.05) is 38.1 Å². The predicted molar refractivity (Wildman–Crippen MR) is 124 cm³/mol. The van der Waals surface area contributed by atoms with Crippen molar-refractivity contribution < 1.29 is 19.4 Å². The molecule has 2 heterocycles. The lowest BCUT2D eigenvalue weighted by molar-refractivity contribution is -0.145. The number of carboxylic acid groups (broad SMARTS) is 1. The fraction of sp³-hybridized carbons (Fsp3) is 0.400. The van der Waals surface area contributed by atoms with E-state index in [1.165, 1.54) is 10.1 Å². The average molecular weight is 440 g/mol. The summed E-state index contributed by atoms with van der Waals surface area (Å²) >= 11 is 1.73. The number of piperidine rings is 1. The molecule has 0 saturated carbocycles. The van der Waals surface area contributed by atoms with E-state index in [0.29, 0.717) is 25.4 Å². The number of aliphatic carboxylic acids is 1. The molecule has 2 aromatic carbocycles. The molecule has 0 bridgehead atoms. The molecule has 0 amide bonds. The first-order valence-electron chi connectivity index (χ1n) is 11.0. The van der Waals surface area contributed by atoms with Crippen molar-refractivity contribution in [2.45, 2.75) is 45.2 Å². The molecular formula is C25H29NO4S. The van der Waals surface area contributed by atoms with Gasteiger partial charge in [-0.1, -0.05) is 30.7 Å². The number of carboxylic acids is 1. The Hall–Kier alpha value is -2.57. The molecule has 0 radical (unpaired) electrons. The number of fused-ring (bicyclic) bond motifs is 1. The second kappa shape index (κ2) is 9.71. The van der Waals surface area contributed by atoms with Gasteiger partial charge < -0.3 is 14.6 Å². The van der Waals surface area contributed by atoms with E-state index in [9.17, 15) is 9.90 Å². The first-order valence-corrected chi connectivity index (χ1v) is 11.8. The predicted octanol–water partition coefficient (Wildman–Crippen LogP) is 5.73. The molecule has 1 aliphatic heterocycles. The number of thiophene rings is 1. The van der Waals surface area contributed by atoms with Gasteiger partial charge in [0.25, 0.3) is 0 Å². The highest BCUT2D eigenvalue weighted by Gasteiger charge is 2.36. The van der Waals surface area contributed by atoms with Crippen LogP contribution >= 0.6 is 11.3 Å². The Morgan fingerprint density at radius 2 is 1.87 bits per heavy atom. The lowest BCUT2D eigenvalue weighted by atomic mass is 9.95. The molecule has 164 valence electrons. The summed E-state index contributed by atoms with van der Waals surface area (Å²) in [5.41, 5.74) is 1.03. The highest BCUT2D eigenvalue weighted by molar-refractivity contribution is 7.19. The van der Waals surface area contributed by atoms with Crippen molar-refractivity contribution in [3.8, 4) is 11.5 Å². The third-order valence-corrected chi connectivity index (χ3v) is 6.93. The van der Waals surface area contributed by atoms with Crippen LogP contribution < -0.4 is 9.47 Å².